The smallest absolute Gasteiger partial charge is 0.416 e. The van der Waals surface area contributed by atoms with Gasteiger partial charge in [0.1, 0.15) is 18.1 Å². The number of hydrogen-bond donors (Lipinski definition) is 0. The highest BCUT2D eigenvalue weighted by Crippen LogP contribution is 2.35. The average molecular weight is 415 g/mol. The number of imidazole rings is 1. The van der Waals surface area contributed by atoms with E-state index in [2.05, 4.69) is 10.1 Å². The van der Waals surface area contributed by atoms with E-state index in [0.717, 1.165) is 17.9 Å². The Morgan fingerprint density at radius 1 is 1.13 bits per heavy atom. The van der Waals surface area contributed by atoms with E-state index in [0.29, 0.717) is 17.7 Å². The minimum Gasteiger partial charge on any atom is -0.489 e. The Bertz CT molecular complexity index is 1000. The number of halogens is 3. The fraction of sp³-hybridized carbons (Fsp3) is 0.273. The van der Waals surface area contributed by atoms with Gasteiger partial charge in [-0.05, 0) is 31.2 Å². The van der Waals surface area contributed by atoms with E-state index in [4.69, 9.17) is 9.57 Å². The summed E-state index contributed by atoms with van der Waals surface area (Å²) in [6.07, 6.45) is 1.23. The second kappa shape index (κ2) is 7.85. The van der Waals surface area contributed by atoms with Crippen molar-refractivity contribution in [2.24, 2.45) is 5.16 Å². The van der Waals surface area contributed by atoms with Crippen molar-refractivity contribution in [2.45, 2.75) is 31.2 Å². The van der Waals surface area contributed by atoms with Crippen LogP contribution in [0.1, 0.15) is 30.5 Å². The second-order valence-electron chi connectivity index (χ2n) is 7.42. The van der Waals surface area contributed by atoms with Gasteiger partial charge >= 0.3 is 6.18 Å². The van der Waals surface area contributed by atoms with Crippen molar-refractivity contribution in [3.63, 3.8) is 0 Å². The number of ether oxygens (including phenoxy) is 1. The van der Waals surface area contributed by atoms with Gasteiger partial charge in [-0.2, -0.15) is 13.2 Å². The van der Waals surface area contributed by atoms with E-state index >= 15 is 0 Å². The molecular formula is C22H20F3N3O2. The lowest BCUT2D eigenvalue weighted by Gasteiger charge is -2.36. The van der Waals surface area contributed by atoms with Gasteiger partial charge in [0.05, 0.1) is 17.9 Å². The summed E-state index contributed by atoms with van der Waals surface area (Å²) >= 11 is 0. The molecule has 1 aliphatic rings. The third kappa shape index (κ3) is 4.32. The molecule has 0 fully saturated rings. The first-order valence-corrected chi connectivity index (χ1v) is 9.43. The molecule has 0 spiro atoms. The summed E-state index contributed by atoms with van der Waals surface area (Å²) < 4.78 is 46.5. The molecule has 3 aromatic rings. The Balaban J connectivity index is 1.60. The number of hydrogen-bond acceptors (Lipinski definition) is 4. The van der Waals surface area contributed by atoms with Gasteiger partial charge in [-0.15, -0.1) is 0 Å². The van der Waals surface area contributed by atoms with Crippen LogP contribution in [0.25, 0.3) is 0 Å². The second-order valence-corrected chi connectivity index (χ2v) is 7.42. The minimum atomic E-state index is -4.39. The zero-order chi connectivity index (χ0) is 21.2. The standard InChI is InChI=1S/C22H20F3N3O2/c1-21(14-29-18-5-3-2-4-6-18)13-19(28-12-11-26-15-28)20(27-30-21)16-7-9-17(10-8-16)22(23,24)25/h2-12,15,19H,13-14H2,1H3. The number of nitrogens with zero attached hydrogens (tertiary/aromatic N) is 3. The quantitative estimate of drug-likeness (QED) is 0.582. The van der Waals surface area contributed by atoms with Gasteiger partial charge in [0, 0.05) is 24.4 Å². The van der Waals surface area contributed by atoms with Crippen molar-refractivity contribution in [2.75, 3.05) is 6.61 Å². The molecule has 0 saturated carbocycles. The number of rotatable bonds is 5. The van der Waals surface area contributed by atoms with Gasteiger partial charge in [0.25, 0.3) is 0 Å². The summed E-state index contributed by atoms with van der Waals surface area (Å²) in [5, 5.41) is 4.30. The first-order valence-electron chi connectivity index (χ1n) is 9.43. The van der Waals surface area contributed by atoms with Crippen molar-refractivity contribution in [1.82, 2.24) is 9.55 Å². The van der Waals surface area contributed by atoms with Crippen molar-refractivity contribution in [3.8, 4) is 5.75 Å². The fourth-order valence-electron chi connectivity index (χ4n) is 3.38. The molecular weight excluding hydrogens is 395 g/mol. The molecule has 5 nitrogen and oxygen atoms in total. The first-order chi connectivity index (χ1) is 14.3. The third-order valence-corrected chi connectivity index (χ3v) is 4.99. The maximum atomic E-state index is 12.9. The number of para-hydroxylation sites is 1. The molecule has 0 N–H and O–H groups in total. The molecule has 2 heterocycles. The maximum Gasteiger partial charge on any atom is 0.416 e. The van der Waals surface area contributed by atoms with Gasteiger partial charge in [-0.1, -0.05) is 35.5 Å². The summed E-state index contributed by atoms with van der Waals surface area (Å²) in [6.45, 7) is 2.17. The summed E-state index contributed by atoms with van der Waals surface area (Å²) in [4.78, 5) is 9.89. The van der Waals surface area contributed by atoms with E-state index in [1.165, 1.54) is 12.1 Å². The molecule has 0 radical (unpaired) electrons. The fourth-order valence-corrected chi connectivity index (χ4v) is 3.38. The highest BCUT2D eigenvalue weighted by molar-refractivity contribution is 6.03. The molecule has 8 heteroatoms. The Kier molecular flexibility index (Phi) is 5.24. The van der Waals surface area contributed by atoms with Gasteiger partial charge < -0.3 is 14.1 Å². The van der Waals surface area contributed by atoms with Crippen LogP contribution < -0.4 is 4.74 Å². The van der Waals surface area contributed by atoms with Crippen LogP contribution in [0.3, 0.4) is 0 Å². The lowest BCUT2D eigenvalue weighted by Crippen LogP contribution is -2.43. The molecule has 2 unspecified atom stereocenters. The highest BCUT2D eigenvalue weighted by atomic mass is 19.4. The van der Waals surface area contributed by atoms with Crippen LogP contribution in [0.15, 0.2) is 78.5 Å². The minimum absolute atomic E-state index is 0.262. The molecule has 0 aliphatic carbocycles. The Hall–Kier alpha value is -3.29. The van der Waals surface area contributed by atoms with Gasteiger partial charge in [0.15, 0.2) is 5.60 Å². The zero-order valence-corrected chi connectivity index (χ0v) is 16.2. The molecule has 0 saturated heterocycles. The first kappa shape index (κ1) is 20.0. The van der Waals surface area contributed by atoms with Gasteiger partial charge in [0.2, 0.25) is 0 Å². The van der Waals surface area contributed by atoms with Crippen LogP contribution in [-0.2, 0) is 11.0 Å². The molecule has 4 rings (SSSR count). The molecule has 0 bridgehead atoms. The van der Waals surface area contributed by atoms with E-state index in [-0.39, 0.29) is 12.6 Å². The van der Waals surface area contributed by atoms with Crippen LogP contribution >= 0.6 is 0 Å². The summed E-state index contributed by atoms with van der Waals surface area (Å²) in [6, 6.07) is 14.1. The summed E-state index contributed by atoms with van der Waals surface area (Å²) in [5.41, 5.74) is -0.323. The lowest BCUT2D eigenvalue weighted by molar-refractivity contribution is -0.137. The monoisotopic (exact) mass is 415 g/mol. The third-order valence-electron chi connectivity index (χ3n) is 4.99. The van der Waals surface area contributed by atoms with Crippen molar-refractivity contribution in [3.05, 3.63) is 84.4 Å². The number of benzene rings is 2. The maximum absolute atomic E-state index is 12.9. The molecule has 2 atom stereocenters. The topological polar surface area (TPSA) is 48.6 Å². The predicted molar refractivity (Wildman–Crippen MR) is 105 cm³/mol. The molecule has 1 aliphatic heterocycles. The van der Waals surface area contributed by atoms with Crippen LogP contribution in [0, 0.1) is 0 Å². The van der Waals surface area contributed by atoms with E-state index in [1.54, 1.807) is 18.7 Å². The normalized spacial score (nSPS) is 21.6. The van der Waals surface area contributed by atoms with Crippen molar-refractivity contribution < 1.29 is 22.7 Å². The summed E-state index contributed by atoms with van der Waals surface area (Å²) in [5.74, 6) is 0.721. The average Bonchev–Trinajstić information content (AvgIpc) is 3.28. The largest absolute Gasteiger partial charge is 0.489 e. The molecule has 156 valence electrons. The number of oxime groups is 1. The predicted octanol–water partition coefficient (Wildman–Crippen LogP) is 5.11. The van der Waals surface area contributed by atoms with Crippen LogP contribution in [-0.4, -0.2) is 27.5 Å². The Morgan fingerprint density at radius 2 is 1.87 bits per heavy atom. The van der Waals surface area contributed by atoms with Crippen molar-refractivity contribution >= 4 is 5.71 Å². The van der Waals surface area contributed by atoms with Crippen LogP contribution in [0.4, 0.5) is 13.2 Å². The number of aromatic nitrogens is 2. The SMILES string of the molecule is CC1(COc2ccccc2)CC(n2ccnc2)C(c2ccc(C(F)(F)F)cc2)=NO1. The van der Waals surface area contributed by atoms with Crippen molar-refractivity contribution in [1.29, 1.82) is 0 Å². The van der Waals surface area contributed by atoms with Gasteiger partial charge in [-0.25, -0.2) is 4.98 Å². The molecule has 30 heavy (non-hydrogen) atoms. The lowest BCUT2D eigenvalue weighted by atomic mass is 9.90. The van der Waals surface area contributed by atoms with Crippen LogP contribution in [0.2, 0.25) is 0 Å². The van der Waals surface area contributed by atoms with E-state index in [9.17, 15) is 13.2 Å². The molecule has 0 amide bonds. The van der Waals surface area contributed by atoms with Crippen LogP contribution in [0.5, 0.6) is 5.75 Å². The summed E-state index contributed by atoms with van der Waals surface area (Å²) in [7, 11) is 0. The number of alkyl halides is 3. The van der Waals surface area contributed by atoms with E-state index in [1.807, 2.05) is 41.8 Å². The Morgan fingerprint density at radius 3 is 2.50 bits per heavy atom. The van der Waals surface area contributed by atoms with E-state index < -0.39 is 17.3 Å². The zero-order valence-electron chi connectivity index (χ0n) is 16.2. The Labute approximate surface area is 171 Å². The molecule has 1 aromatic heterocycles. The molecule has 2 aromatic carbocycles. The van der Waals surface area contributed by atoms with Gasteiger partial charge in [-0.3, -0.25) is 0 Å². The highest BCUT2D eigenvalue weighted by Gasteiger charge is 2.39.